The third-order valence-corrected chi connectivity index (χ3v) is 21.6. The van der Waals surface area contributed by atoms with Crippen molar-refractivity contribution in [2.45, 2.75) is 464 Å². The summed E-state index contributed by atoms with van der Waals surface area (Å²) in [7, 11) is -9.92. The minimum Gasteiger partial charge on any atom is -0.462 e. The Kier molecular flexibility index (Phi) is 74.1. The normalized spacial score (nSPS) is 13.9. The topological polar surface area (TPSA) is 237 Å². The van der Waals surface area contributed by atoms with Crippen molar-refractivity contribution in [2.24, 2.45) is 11.8 Å². The fourth-order valence-electron chi connectivity index (χ4n) is 13.1. The number of carbonyl (C=O) groups is 4. The van der Waals surface area contributed by atoms with E-state index in [1.165, 1.54) is 263 Å². The first-order valence-electron chi connectivity index (χ1n) is 43.5. The van der Waals surface area contributed by atoms with Crippen molar-refractivity contribution in [3.8, 4) is 0 Å². The summed E-state index contributed by atoms with van der Waals surface area (Å²) < 4.78 is 68.9. The summed E-state index contributed by atoms with van der Waals surface area (Å²) in [5, 5.41) is 10.7. The Hall–Kier alpha value is -1.94. The highest BCUT2D eigenvalue weighted by molar-refractivity contribution is 7.47. The number of hydrogen-bond donors (Lipinski definition) is 3. The average Bonchev–Trinajstić information content (AvgIpc) is 0.914. The molecule has 0 aliphatic rings. The second-order valence-electron chi connectivity index (χ2n) is 31.2. The molecule has 0 radical (unpaired) electrons. The number of ether oxygens (including phenoxy) is 4. The third-order valence-electron chi connectivity index (χ3n) is 19.7. The maximum Gasteiger partial charge on any atom is 0.472 e. The molecule has 2 unspecified atom stereocenters. The Bertz CT molecular complexity index is 1980. The summed E-state index contributed by atoms with van der Waals surface area (Å²) in [6.07, 6.45) is 66.5. The molecule has 0 saturated carbocycles. The Balaban J connectivity index is 5.25. The maximum atomic E-state index is 13.1. The number of phosphoric acid groups is 2. The number of esters is 4. The quantitative estimate of drug-likeness (QED) is 0.0222. The van der Waals surface area contributed by atoms with Gasteiger partial charge in [0.1, 0.15) is 19.3 Å². The van der Waals surface area contributed by atoms with Gasteiger partial charge in [0.05, 0.1) is 26.4 Å². The van der Waals surface area contributed by atoms with E-state index >= 15 is 0 Å². The van der Waals surface area contributed by atoms with Crippen molar-refractivity contribution in [3.05, 3.63) is 0 Å². The zero-order chi connectivity index (χ0) is 75.6. The predicted octanol–water partition coefficient (Wildman–Crippen LogP) is 25.5. The van der Waals surface area contributed by atoms with Crippen LogP contribution in [0.1, 0.15) is 446 Å². The molecular formula is C84H164O17P2. The summed E-state index contributed by atoms with van der Waals surface area (Å²) >= 11 is 0. The van der Waals surface area contributed by atoms with Gasteiger partial charge in [-0.3, -0.25) is 37.3 Å². The van der Waals surface area contributed by atoms with Crippen LogP contribution in [-0.4, -0.2) is 96.7 Å². The Morgan fingerprint density at radius 1 is 0.262 bits per heavy atom. The minimum atomic E-state index is -4.96. The van der Waals surface area contributed by atoms with Gasteiger partial charge in [-0.1, -0.05) is 395 Å². The van der Waals surface area contributed by atoms with Crippen molar-refractivity contribution in [1.29, 1.82) is 0 Å². The summed E-state index contributed by atoms with van der Waals surface area (Å²) in [6, 6.07) is 0. The summed E-state index contributed by atoms with van der Waals surface area (Å²) in [5.74, 6) is -0.493. The standard InChI is InChI=1S/C84H164O17P2/c1-7-9-11-13-15-17-19-20-21-26-32-38-44-50-56-62-68-83(88)100-79(72-94-81(86)66-60-54-48-42-34-18-16-14-12-10-8-2)74-98-102(90,91)96-70-78(85)71-97-103(92,93)99-75-80(101-84(89)69-63-57-51-45-39-33-28-23-25-30-36-41-47-53-59-65-77(5)6)73-95-82(87)67-61-55-49-43-37-31-27-22-24-29-35-40-46-52-58-64-76(3)4/h76-80,85H,7-75H2,1-6H3,(H,90,91)(H,92,93)/t78-,79+,80+/m0/s1. The molecule has 103 heavy (non-hydrogen) atoms. The first-order valence-corrected chi connectivity index (χ1v) is 46.5. The third kappa shape index (κ3) is 78.0. The lowest BCUT2D eigenvalue weighted by molar-refractivity contribution is -0.161. The molecule has 19 heteroatoms. The molecule has 17 nitrogen and oxygen atoms in total. The van der Waals surface area contributed by atoms with Crippen LogP contribution >= 0.6 is 15.6 Å². The van der Waals surface area contributed by atoms with Gasteiger partial charge < -0.3 is 33.8 Å². The first-order chi connectivity index (χ1) is 49.9. The van der Waals surface area contributed by atoms with E-state index in [4.69, 9.17) is 37.0 Å². The van der Waals surface area contributed by atoms with Crippen LogP contribution in [0.5, 0.6) is 0 Å². The molecule has 0 bridgehead atoms. The van der Waals surface area contributed by atoms with Crippen LogP contribution in [0.4, 0.5) is 0 Å². The van der Waals surface area contributed by atoms with E-state index in [0.29, 0.717) is 25.7 Å². The van der Waals surface area contributed by atoms with Gasteiger partial charge in [-0.15, -0.1) is 0 Å². The Morgan fingerprint density at radius 2 is 0.447 bits per heavy atom. The van der Waals surface area contributed by atoms with Crippen LogP contribution in [0, 0.1) is 11.8 Å². The molecule has 0 aromatic rings. The van der Waals surface area contributed by atoms with Crippen molar-refractivity contribution in [2.75, 3.05) is 39.6 Å². The smallest absolute Gasteiger partial charge is 0.462 e. The monoisotopic (exact) mass is 1510 g/mol. The molecule has 0 spiro atoms. The van der Waals surface area contributed by atoms with Crippen molar-refractivity contribution in [3.63, 3.8) is 0 Å². The van der Waals surface area contributed by atoms with E-state index in [0.717, 1.165) is 102 Å². The second kappa shape index (κ2) is 75.5. The number of hydrogen-bond acceptors (Lipinski definition) is 15. The largest absolute Gasteiger partial charge is 0.472 e. The molecule has 0 saturated heterocycles. The molecule has 0 aliphatic carbocycles. The molecule has 0 fully saturated rings. The SMILES string of the molecule is CCCCCCCCCCCCCCCCCCC(=O)O[C@H](COC(=O)CCCCCCCCCCCCC)COP(=O)(O)OC[C@H](O)COP(=O)(O)OC[C@@H](COC(=O)CCCCCCCCCCCCCCCCCC(C)C)OC(=O)CCCCCCCCCCCCCCCCCC(C)C. The highest BCUT2D eigenvalue weighted by Gasteiger charge is 2.30. The molecule has 3 N–H and O–H groups in total. The fourth-order valence-corrected chi connectivity index (χ4v) is 14.6. The van der Waals surface area contributed by atoms with Crippen molar-refractivity contribution in [1.82, 2.24) is 0 Å². The Morgan fingerprint density at radius 3 is 0.660 bits per heavy atom. The molecule has 0 aromatic heterocycles. The zero-order valence-corrected chi connectivity index (χ0v) is 69.4. The molecule has 0 aliphatic heterocycles. The van der Waals surface area contributed by atoms with Crippen molar-refractivity contribution >= 4 is 39.5 Å². The molecule has 0 rings (SSSR count). The average molecular weight is 1510 g/mol. The van der Waals surface area contributed by atoms with Gasteiger partial charge in [-0.2, -0.15) is 0 Å². The van der Waals surface area contributed by atoms with Crippen LogP contribution in [0.2, 0.25) is 0 Å². The van der Waals surface area contributed by atoms with E-state index in [9.17, 15) is 43.2 Å². The molecule has 0 aromatic carbocycles. The number of unbranched alkanes of at least 4 members (excludes halogenated alkanes) is 53. The van der Waals surface area contributed by atoms with Gasteiger partial charge >= 0.3 is 39.5 Å². The molecule has 612 valence electrons. The van der Waals surface area contributed by atoms with Crippen LogP contribution in [0.15, 0.2) is 0 Å². The lowest BCUT2D eigenvalue weighted by atomic mass is 10.0. The van der Waals surface area contributed by atoms with Gasteiger partial charge in [0.2, 0.25) is 0 Å². The van der Waals surface area contributed by atoms with Crippen LogP contribution in [0.3, 0.4) is 0 Å². The van der Waals surface area contributed by atoms with Gasteiger partial charge in [-0.25, -0.2) is 9.13 Å². The number of carbonyl (C=O) groups excluding carboxylic acids is 4. The zero-order valence-electron chi connectivity index (χ0n) is 67.6. The Labute approximate surface area is 632 Å². The summed E-state index contributed by atoms with van der Waals surface area (Å²) in [6.45, 7) is 9.72. The van der Waals surface area contributed by atoms with Crippen molar-refractivity contribution < 1.29 is 80.2 Å². The lowest BCUT2D eigenvalue weighted by Gasteiger charge is -2.21. The van der Waals surface area contributed by atoms with Crippen LogP contribution < -0.4 is 0 Å². The molecular weight excluding hydrogens is 1340 g/mol. The molecule has 5 atom stereocenters. The van der Waals surface area contributed by atoms with E-state index in [1.54, 1.807) is 0 Å². The van der Waals surface area contributed by atoms with Gasteiger partial charge in [-0.05, 0) is 37.5 Å². The highest BCUT2D eigenvalue weighted by atomic mass is 31.2. The number of phosphoric ester groups is 2. The van der Waals surface area contributed by atoms with E-state index in [1.807, 2.05) is 0 Å². The molecule has 0 amide bonds. The fraction of sp³-hybridized carbons (Fsp3) is 0.952. The van der Waals surface area contributed by atoms with Crippen LogP contribution in [-0.2, 0) is 65.4 Å². The van der Waals surface area contributed by atoms with E-state index < -0.39 is 97.5 Å². The minimum absolute atomic E-state index is 0.108. The predicted molar refractivity (Wildman–Crippen MR) is 423 cm³/mol. The maximum absolute atomic E-state index is 13.1. The van der Waals surface area contributed by atoms with E-state index in [-0.39, 0.29) is 25.7 Å². The summed E-state index contributed by atoms with van der Waals surface area (Å²) in [5.41, 5.74) is 0. The van der Waals surface area contributed by atoms with Gasteiger partial charge in [0.15, 0.2) is 12.2 Å². The highest BCUT2D eigenvalue weighted by Crippen LogP contribution is 2.45. The number of aliphatic hydroxyl groups is 1. The first kappa shape index (κ1) is 101. The number of rotatable bonds is 83. The van der Waals surface area contributed by atoms with Gasteiger partial charge in [0.25, 0.3) is 0 Å². The second-order valence-corrected chi connectivity index (χ2v) is 34.1. The van der Waals surface area contributed by atoms with Gasteiger partial charge in [0, 0.05) is 25.7 Å². The molecule has 0 heterocycles. The van der Waals surface area contributed by atoms with E-state index in [2.05, 4.69) is 41.5 Å². The van der Waals surface area contributed by atoms with Crippen LogP contribution in [0.25, 0.3) is 0 Å². The summed E-state index contributed by atoms with van der Waals surface area (Å²) in [4.78, 5) is 73.2. The number of aliphatic hydroxyl groups excluding tert-OH is 1. The lowest BCUT2D eigenvalue weighted by Crippen LogP contribution is -2.30.